The highest BCUT2D eigenvalue weighted by atomic mass is 16.2. The lowest BCUT2D eigenvalue weighted by Crippen LogP contribution is -2.62. The van der Waals surface area contributed by atoms with Gasteiger partial charge in [-0.3, -0.25) is 4.79 Å². The van der Waals surface area contributed by atoms with E-state index in [1.165, 1.54) is 24.0 Å². The van der Waals surface area contributed by atoms with Crippen molar-refractivity contribution in [3.63, 3.8) is 0 Å². The van der Waals surface area contributed by atoms with Crippen LogP contribution in [0.2, 0.25) is 0 Å². The Morgan fingerprint density at radius 2 is 2.00 bits per heavy atom. The van der Waals surface area contributed by atoms with E-state index in [0.717, 1.165) is 25.1 Å². The monoisotopic (exact) mass is 327 g/mol. The maximum atomic E-state index is 12.6. The van der Waals surface area contributed by atoms with Gasteiger partial charge in [-0.25, -0.2) is 4.79 Å². The van der Waals surface area contributed by atoms with Gasteiger partial charge in [0.1, 0.15) is 0 Å². The molecular formula is C19H25N3O2. The Morgan fingerprint density at radius 1 is 1.25 bits per heavy atom. The van der Waals surface area contributed by atoms with Crippen LogP contribution in [-0.2, 0) is 4.79 Å². The number of likely N-dealkylation sites (N-methyl/N-ethyl adjacent to an activating group) is 1. The van der Waals surface area contributed by atoms with Gasteiger partial charge in [0.25, 0.3) is 0 Å². The zero-order valence-corrected chi connectivity index (χ0v) is 14.4. The van der Waals surface area contributed by atoms with Gasteiger partial charge in [0, 0.05) is 43.7 Å². The summed E-state index contributed by atoms with van der Waals surface area (Å²) in [5, 5.41) is 3.07. The number of hydrogen-bond donors (Lipinski definition) is 1. The summed E-state index contributed by atoms with van der Waals surface area (Å²) in [5.74, 6) is 0.421. The number of hydrogen-bond acceptors (Lipinski definition) is 2. The molecule has 128 valence electrons. The van der Waals surface area contributed by atoms with Crippen molar-refractivity contribution in [2.75, 3.05) is 18.9 Å². The summed E-state index contributed by atoms with van der Waals surface area (Å²) in [6.45, 7) is 2.83. The smallest absolute Gasteiger partial charge is 0.322 e. The van der Waals surface area contributed by atoms with Gasteiger partial charge >= 0.3 is 6.03 Å². The molecular weight excluding hydrogens is 302 g/mol. The molecule has 2 bridgehead atoms. The number of nitrogens with one attached hydrogen (secondary N) is 1. The van der Waals surface area contributed by atoms with Crippen molar-refractivity contribution in [1.29, 1.82) is 0 Å². The predicted octanol–water partition coefficient (Wildman–Crippen LogP) is 3.10. The summed E-state index contributed by atoms with van der Waals surface area (Å²) in [7, 11) is 1.85. The average molecular weight is 327 g/mol. The topological polar surface area (TPSA) is 52.7 Å². The summed E-state index contributed by atoms with van der Waals surface area (Å²) in [6.07, 6.45) is 5.25. The molecule has 0 spiro atoms. The molecule has 24 heavy (non-hydrogen) atoms. The number of nitrogens with zero attached hydrogens (tertiary/aromatic N) is 2. The van der Waals surface area contributed by atoms with Gasteiger partial charge in [-0.15, -0.1) is 0 Å². The lowest BCUT2D eigenvalue weighted by Gasteiger charge is -2.52. The van der Waals surface area contributed by atoms with E-state index in [1.54, 1.807) is 4.90 Å². The third-order valence-electron chi connectivity index (χ3n) is 5.95. The minimum Gasteiger partial charge on any atom is -0.345 e. The van der Waals surface area contributed by atoms with Gasteiger partial charge in [0.15, 0.2) is 0 Å². The molecule has 0 aromatic heterocycles. The first-order valence-corrected chi connectivity index (χ1v) is 8.97. The van der Waals surface area contributed by atoms with Crippen LogP contribution in [0.3, 0.4) is 0 Å². The number of carbonyl (C=O) groups excluding carboxylic acids is 2. The maximum Gasteiger partial charge on any atom is 0.322 e. The number of benzene rings is 1. The third-order valence-corrected chi connectivity index (χ3v) is 5.95. The minimum atomic E-state index is 0.0327. The zero-order chi connectivity index (χ0) is 16.8. The van der Waals surface area contributed by atoms with Crippen molar-refractivity contribution in [1.82, 2.24) is 9.80 Å². The first-order valence-electron chi connectivity index (χ1n) is 8.97. The first-order chi connectivity index (χ1) is 11.5. The van der Waals surface area contributed by atoms with E-state index in [4.69, 9.17) is 0 Å². The zero-order valence-electron chi connectivity index (χ0n) is 14.4. The molecule has 5 nitrogen and oxygen atoms in total. The molecule has 3 atom stereocenters. The van der Waals surface area contributed by atoms with Crippen LogP contribution < -0.4 is 5.32 Å². The number of aryl methyl sites for hydroxylation is 1. The molecule has 3 fully saturated rings. The average Bonchev–Trinajstić information content (AvgIpc) is 2.89. The van der Waals surface area contributed by atoms with Gasteiger partial charge in [-0.1, -0.05) is 6.07 Å². The second-order valence-corrected chi connectivity index (χ2v) is 7.56. The number of piperidine rings is 1. The molecule has 3 amide bonds. The van der Waals surface area contributed by atoms with Crippen LogP contribution in [-0.4, -0.2) is 47.4 Å². The van der Waals surface area contributed by atoms with E-state index < -0.39 is 0 Å². The predicted molar refractivity (Wildman–Crippen MR) is 93.1 cm³/mol. The van der Waals surface area contributed by atoms with Crippen LogP contribution in [0.25, 0.3) is 0 Å². The molecule has 3 aliphatic rings. The molecule has 1 aromatic rings. The molecule has 2 unspecified atom stereocenters. The number of anilines is 1. The number of amides is 3. The van der Waals surface area contributed by atoms with Crippen molar-refractivity contribution in [3.05, 3.63) is 29.3 Å². The Kier molecular flexibility index (Phi) is 3.74. The largest absolute Gasteiger partial charge is 0.345 e. The second kappa shape index (κ2) is 5.80. The Balaban J connectivity index is 1.49. The van der Waals surface area contributed by atoms with Crippen molar-refractivity contribution in [3.8, 4) is 0 Å². The summed E-state index contributed by atoms with van der Waals surface area (Å²) in [5.41, 5.74) is 3.20. The number of rotatable bonds is 2. The van der Waals surface area contributed by atoms with Crippen molar-refractivity contribution in [2.24, 2.45) is 0 Å². The van der Waals surface area contributed by atoms with Crippen molar-refractivity contribution < 1.29 is 9.59 Å². The van der Waals surface area contributed by atoms with Crippen LogP contribution in [0.5, 0.6) is 0 Å². The molecule has 3 aliphatic heterocycles. The molecule has 1 N–H and O–H groups in total. The molecule has 3 heterocycles. The summed E-state index contributed by atoms with van der Waals surface area (Å²) in [6, 6.07) is 6.98. The molecule has 0 radical (unpaired) electrons. The first kappa shape index (κ1) is 15.5. The molecule has 3 saturated heterocycles. The normalized spacial score (nSPS) is 28.8. The molecule has 5 heteroatoms. The van der Waals surface area contributed by atoms with Gasteiger partial charge in [0.2, 0.25) is 5.91 Å². The third kappa shape index (κ3) is 2.56. The Labute approximate surface area is 143 Å². The highest BCUT2D eigenvalue weighted by Gasteiger charge is 2.44. The van der Waals surface area contributed by atoms with Crippen LogP contribution in [0.4, 0.5) is 10.5 Å². The van der Waals surface area contributed by atoms with E-state index in [1.807, 2.05) is 24.1 Å². The fraction of sp³-hybridized carbons (Fsp3) is 0.579. The Bertz CT molecular complexity index is 673. The summed E-state index contributed by atoms with van der Waals surface area (Å²) in [4.78, 5) is 28.2. The van der Waals surface area contributed by atoms with Crippen LogP contribution in [0, 0.1) is 6.92 Å². The molecule has 0 saturated carbocycles. The Hall–Kier alpha value is -2.04. The fourth-order valence-electron chi connectivity index (χ4n) is 4.55. The van der Waals surface area contributed by atoms with E-state index in [-0.39, 0.29) is 17.9 Å². The summed E-state index contributed by atoms with van der Waals surface area (Å²) >= 11 is 0. The number of likely N-dealkylation sites (tertiary alicyclic amines) is 1. The standard InChI is InChI=1S/C19H25N3O2/c1-12-6-7-14(9-17(12)13-8-18(23)21(2)11-13)20-19(24)22-15-4-3-5-16(22)10-15/h6-7,9,13,15-16H,3-5,8,10-11H2,1-2H3,(H,20,24)/t13-,15?,16?/m1/s1. The number of carbonyl (C=O) groups is 2. The van der Waals surface area contributed by atoms with Gasteiger partial charge in [-0.2, -0.15) is 0 Å². The number of fused-ring (bicyclic) bond motifs is 2. The van der Waals surface area contributed by atoms with E-state index in [9.17, 15) is 9.59 Å². The van der Waals surface area contributed by atoms with Gasteiger partial charge < -0.3 is 15.1 Å². The Morgan fingerprint density at radius 3 is 2.62 bits per heavy atom. The maximum absolute atomic E-state index is 12.6. The summed E-state index contributed by atoms with van der Waals surface area (Å²) < 4.78 is 0. The lowest BCUT2D eigenvalue weighted by molar-refractivity contribution is -0.126. The van der Waals surface area contributed by atoms with Crippen molar-refractivity contribution >= 4 is 17.6 Å². The van der Waals surface area contributed by atoms with Crippen LogP contribution in [0.15, 0.2) is 18.2 Å². The SMILES string of the molecule is Cc1ccc(NC(=O)N2C3CCCC2C3)cc1[C@@H]1CC(=O)N(C)C1. The van der Waals surface area contributed by atoms with E-state index in [2.05, 4.69) is 18.3 Å². The van der Waals surface area contributed by atoms with Crippen LogP contribution >= 0.6 is 0 Å². The van der Waals surface area contributed by atoms with Crippen LogP contribution in [0.1, 0.15) is 49.1 Å². The number of urea groups is 1. The minimum absolute atomic E-state index is 0.0327. The van der Waals surface area contributed by atoms with E-state index >= 15 is 0 Å². The second-order valence-electron chi connectivity index (χ2n) is 7.56. The molecule has 0 aliphatic carbocycles. The fourth-order valence-corrected chi connectivity index (χ4v) is 4.55. The van der Waals surface area contributed by atoms with E-state index in [0.29, 0.717) is 18.5 Å². The lowest BCUT2D eigenvalue weighted by atomic mass is 9.80. The highest BCUT2D eigenvalue weighted by molar-refractivity contribution is 5.90. The van der Waals surface area contributed by atoms with Gasteiger partial charge in [-0.05, 0) is 55.9 Å². The highest BCUT2D eigenvalue weighted by Crippen LogP contribution is 2.38. The van der Waals surface area contributed by atoms with Crippen molar-refractivity contribution in [2.45, 2.75) is 57.0 Å². The quantitative estimate of drug-likeness (QED) is 0.907. The molecule has 4 rings (SSSR count). The molecule has 1 aromatic carbocycles. The van der Waals surface area contributed by atoms with Gasteiger partial charge in [0.05, 0.1) is 0 Å².